The molecule has 0 aliphatic carbocycles. The number of benzene rings is 1. The zero-order valence-electron chi connectivity index (χ0n) is 11.8. The maximum absolute atomic E-state index is 11.4. The number of carboxylic acids is 1. The molecule has 106 valence electrons. The number of carbonyl (C=O) groups is 1. The third kappa shape index (κ3) is 2.89. The summed E-state index contributed by atoms with van der Waals surface area (Å²) in [6, 6.07) is 9.18. The number of nitrogens with zero attached hydrogens (tertiary/aromatic N) is 1. The van der Waals surface area contributed by atoms with Crippen molar-refractivity contribution in [2.75, 3.05) is 0 Å². The van der Waals surface area contributed by atoms with Gasteiger partial charge in [0.25, 0.3) is 0 Å². The van der Waals surface area contributed by atoms with Gasteiger partial charge in [0, 0.05) is 5.41 Å². The molecule has 3 N–H and O–H groups in total. The molecule has 1 unspecified atom stereocenters. The Balaban J connectivity index is 2.47. The van der Waals surface area contributed by atoms with Crippen molar-refractivity contribution in [2.45, 2.75) is 32.2 Å². The summed E-state index contributed by atoms with van der Waals surface area (Å²) in [5.41, 5.74) is 7.40. The molecule has 0 aliphatic heterocycles. The molecule has 0 radical (unpaired) electrons. The molecule has 2 rings (SSSR count). The van der Waals surface area contributed by atoms with Gasteiger partial charge in [0.1, 0.15) is 9.88 Å². The van der Waals surface area contributed by atoms with Crippen LogP contribution in [0.1, 0.15) is 52.7 Å². The second-order valence-corrected chi connectivity index (χ2v) is 6.70. The standard InChI is InChI=1S/C15H18N2O2S/c1-15(2,3)12-11(14(18)19)20-13(17-12)10(16)9-7-5-4-6-8-9/h4-8,10H,16H2,1-3H3,(H,18,19). The summed E-state index contributed by atoms with van der Waals surface area (Å²) in [6.45, 7) is 5.85. The predicted molar refractivity (Wildman–Crippen MR) is 80.2 cm³/mol. The molecule has 5 heteroatoms. The SMILES string of the molecule is CC(C)(C)c1nc(C(N)c2ccccc2)sc1C(=O)O. The quantitative estimate of drug-likeness (QED) is 0.910. The molecule has 0 spiro atoms. The Labute approximate surface area is 122 Å². The van der Waals surface area contributed by atoms with Gasteiger partial charge in [-0.05, 0) is 5.56 Å². The third-order valence-corrected chi connectivity index (χ3v) is 4.10. The topological polar surface area (TPSA) is 76.2 Å². The molecular weight excluding hydrogens is 272 g/mol. The first-order valence-corrected chi connectivity index (χ1v) is 7.17. The van der Waals surface area contributed by atoms with E-state index in [2.05, 4.69) is 4.98 Å². The average Bonchev–Trinajstić information content (AvgIpc) is 2.84. The monoisotopic (exact) mass is 290 g/mol. The summed E-state index contributed by atoms with van der Waals surface area (Å²) in [6.07, 6.45) is 0. The summed E-state index contributed by atoms with van der Waals surface area (Å²) < 4.78 is 0. The molecule has 20 heavy (non-hydrogen) atoms. The maximum atomic E-state index is 11.4. The van der Waals surface area contributed by atoms with Crippen LogP contribution < -0.4 is 5.73 Å². The largest absolute Gasteiger partial charge is 0.477 e. The molecule has 0 amide bonds. The van der Waals surface area contributed by atoms with Crippen molar-refractivity contribution in [1.29, 1.82) is 0 Å². The van der Waals surface area contributed by atoms with E-state index in [0.717, 1.165) is 16.9 Å². The van der Waals surface area contributed by atoms with Crippen LogP contribution in [0.2, 0.25) is 0 Å². The van der Waals surface area contributed by atoms with Crippen molar-refractivity contribution < 1.29 is 9.90 Å². The van der Waals surface area contributed by atoms with E-state index in [1.165, 1.54) is 0 Å². The van der Waals surface area contributed by atoms with Gasteiger partial charge in [-0.15, -0.1) is 11.3 Å². The normalized spacial score (nSPS) is 13.2. The Hall–Kier alpha value is -1.72. The molecule has 0 fully saturated rings. The van der Waals surface area contributed by atoms with Gasteiger partial charge in [-0.25, -0.2) is 9.78 Å². The molecule has 0 bridgehead atoms. The number of thiazole rings is 1. The molecule has 1 atom stereocenters. The zero-order chi connectivity index (χ0) is 14.9. The Kier molecular flexibility index (Phi) is 3.92. The van der Waals surface area contributed by atoms with Gasteiger partial charge in [0.2, 0.25) is 0 Å². The van der Waals surface area contributed by atoms with E-state index in [9.17, 15) is 9.90 Å². The maximum Gasteiger partial charge on any atom is 0.347 e. The number of rotatable bonds is 3. The van der Waals surface area contributed by atoms with Crippen molar-refractivity contribution in [3.8, 4) is 0 Å². The lowest BCUT2D eigenvalue weighted by Gasteiger charge is -2.16. The molecule has 0 aliphatic rings. The number of aromatic carboxylic acids is 1. The van der Waals surface area contributed by atoms with Crippen LogP contribution in [0.3, 0.4) is 0 Å². The van der Waals surface area contributed by atoms with Gasteiger partial charge in [-0.2, -0.15) is 0 Å². The van der Waals surface area contributed by atoms with E-state index in [0.29, 0.717) is 10.7 Å². The van der Waals surface area contributed by atoms with E-state index in [-0.39, 0.29) is 10.3 Å². The summed E-state index contributed by atoms with van der Waals surface area (Å²) >= 11 is 1.16. The van der Waals surface area contributed by atoms with Crippen LogP contribution in [-0.4, -0.2) is 16.1 Å². The Bertz CT molecular complexity index is 615. The van der Waals surface area contributed by atoms with Crippen LogP contribution in [0, 0.1) is 0 Å². The van der Waals surface area contributed by atoms with Gasteiger partial charge in [-0.3, -0.25) is 0 Å². The van der Waals surface area contributed by atoms with Crippen molar-refractivity contribution >= 4 is 17.3 Å². The van der Waals surface area contributed by atoms with E-state index in [4.69, 9.17) is 5.73 Å². The molecule has 4 nitrogen and oxygen atoms in total. The Morgan fingerprint density at radius 2 is 1.90 bits per heavy atom. The highest BCUT2D eigenvalue weighted by Crippen LogP contribution is 2.33. The van der Waals surface area contributed by atoms with Gasteiger partial charge in [-0.1, -0.05) is 51.1 Å². The fourth-order valence-corrected chi connectivity index (χ4v) is 3.07. The lowest BCUT2D eigenvalue weighted by Crippen LogP contribution is -2.17. The first-order chi connectivity index (χ1) is 9.30. The van der Waals surface area contributed by atoms with E-state index >= 15 is 0 Å². The first-order valence-electron chi connectivity index (χ1n) is 6.35. The third-order valence-electron chi connectivity index (χ3n) is 2.97. The second-order valence-electron chi connectivity index (χ2n) is 5.67. The fourth-order valence-electron chi connectivity index (χ4n) is 1.93. The first kappa shape index (κ1) is 14.7. The van der Waals surface area contributed by atoms with Gasteiger partial charge >= 0.3 is 5.97 Å². The van der Waals surface area contributed by atoms with Gasteiger partial charge in [0.15, 0.2) is 0 Å². The van der Waals surface area contributed by atoms with Crippen LogP contribution in [0.15, 0.2) is 30.3 Å². The molecule has 1 heterocycles. The van der Waals surface area contributed by atoms with Crippen LogP contribution in [-0.2, 0) is 5.41 Å². The minimum atomic E-state index is -0.945. The number of carboxylic acid groups (broad SMARTS) is 1. The van der Waals surface area contributed by atoms with Crippen LogP contribution in [0.25, 0.3) is 0 Å². The smallest absolute Gasteiger partial charge is 0.347 e. The predicted octanol–water partition coefficient (Wildman–Crippen LogP) is 3.19. The molecule has 1 aromatic heterocycles. The fraction of sp³-hybridized carbons (Fsp3) is 0.333. The molecule has 1 aromatic carbocycles. The Morgan fingerprint density at radius 3 is 2.35 bits per heavy atom. The number of nitrogens with two attached hydrogens (primary N) is 1. The minimum absolute atomic E-state index is 0.277. The van der Waals surface area contributed by atoms with Crippen molar-refractivity contribution in [1.82, 2.24) is 4.98 Å². The zero-order valence-corrected chi connectivity index (χ0v) is 12.6. The van der Waals surface area contributed by atoms with E-state index < -0.39 is 12.0 Å². The van der Waals surface area contributed by atoms with E-state index in [1.807, 2.05) is 51.1 Å². The highest BCUT2D eigenvalue weighted by Gasteiger charge is 2.28. The lowest BCUT2D eigenvalue weighted by atomic mass is 9.91. The van der Waals surface area contributed by atoms with Crippen molar-refractivity contribution in [3.63, 3.8) is 0 Å². The average molecular weight is 290 g/mol. The summed E-state index contributed by atoms with van der Waals surface area (Å²) in [7, 11) is 0. The van der Waals surface area contributed by atoms with Crippen molar-refractivity contribution in [3.05, 3.63) is 51.5 Å². The molecular formula is C15H18N2O2S. The lowest BCUT2D eigenvalue weighted by molar-refractivity contribution is 0.0699. The minimum Gasteiger partial charge on any atom is -0.477 e. The summed E-state index contributed by atoms with van der Waals surface area (Å²) in [4.78, 5) is 16.1. The number of hydrogen-bond donors (Lipinski definition) is 2. The highest BCUT2D eigenvalue weighted by atomic mass is 32.1. The van der Waals surface area contributed by atoms with E-state index in [1.54, 1.807) is 0 Å². The molecule has 2 aromatic rings. The molecule has 0 saturated heterocycles. The van der Waals surface area contributed by atoms with Gasteiger partial charge in [0.05, 0.1) is 11.7 Å². The Morgan fingerprint density at radius 1 is 1.30 bits per heavy atom. The second kappa shape index (κ2) is 5.34. The van der Waals surface area contributed by atoms with Crippen molar-refractivity contribution in [2.24, 2.45) is 5.73 Å². The van der Waals surface area contributed by atoms with Crippen LogP contribution >= 0.6 is 11.3 Å². The van der Waals surface area contributed by atoms with Gasteiger partial charge < -0.3 is 10.8 Å². The summed E-state index contributed by atoms with van der Waals surface area (Å²) in [5, 5.41) is 9.96. The van der Waals surface area contributed by atoms with Crippen LogP contribution in [0.5, 0.6) is 0 Å². The highest BCUT2D eigenvalue weighted by molar-refractivity contribution is 7.13. The number of aromatic nitrogens is 1. The van der Waals surface area contributed by atoms with Crippen LogP contribution in [0.4, 0.5) is 0 Å². The molecule has 0 saturated carbocycles. The summed E-state index contributed by atoms with van der Waals surface area (Å²) in [5.74, 6) is -0.945. The number of hydrogen-bond acceptors (Lipinski definition) is 4.